The fourth-order valence-corrected chi connectivity index (χ4v) is 7.51. The van der Waals surface area contributed by atoms with Crippen LogP contribution in [-0.2, 0) is 34.7 Å². The molecule has 6 heterocycles. The highest BCUT2D eigenvalue weighted by Gasteiger charge is 2.45. The lowest BCUT2D eigenvalue weighted by molar-refractivity contribution is -0.0244. The molecule has 5 N–H and O–H groups in total. The van der Waals surface area contributed by atoms with Crippen LogP contribution in [-0.4, -0.2) is 84.4 Å². The molecule has 0 bridgehead atoms. The van der Waals surface area contributed by atoms with Crippen LogP contribution in [0.5, 0.6) is 0 Å². The Balaban J connectivity index is 1.02. The molecule has 19 nitrogen and oxygen atoms in total. The Morgan fingerprint density at radius 2 is 1.82 bits per heavy atom. The van der Waals surface area contributed by atoms with Gasteiger partial charge in [0, 0.05) is 12.0 Å². The third-order valence-electron chi connectivity index (χ3n) is 8.06. The number of ether oxygens (including phenoxy) is 1. The van der Waals surface area contributed by atoms with E-state index in [1.807, 2.05) is 0 Å². The number of H-pyrrole nitrogens is 1. The van der Waals surface area contributed by atoms with E-state index in [9.17, 15) is 19.1 Å². The summed E-state index contributed by atoms with van der Waals surface area (Å²) >= 11 is 8.89. The van der Waals surface area contributed by atoms with Crippen molar-refractivity contribution in [3.8, 4) is 0 Å². The van der Waals surface area contributed by atoms with E-state index in [-0.39, 0.29) is 72.7 Å². The van der Waals surface area contributed by atoms with E-state index in [4.69, 9.17) is 35.8 Å². The highest BCUT2D eigenvalue weighted by molar-refractivity contribution is 8.44. The van der Waals surface area contributed by atoms with Gasteiger partial charge >= 0.3 is 13.5 Å². The fraction of sp³-hybridized carbons (Fsp3) is 0.500. The molecule has 0 spiro atoms. The van der Waals surface area contributed by atoms with Crippen LogP contribution in [0, 0.1) is 11.8 Å². The second kappa shape index (κ2) is 11.8. The first-order valence-electron chi connectivity index (χ1n) is 13.7. The van der Waals surface area contributed by atoms with Crippen LogP contribution < -0.4 is 11.3 Å². The molecule has 1 aliphatic heterocycles. The van der Waals surface area contributed by atoms with Crippen LogP contribution in [0.15, 0.2) is 30.1 Å². The number of rotatable bonds is 11. The summed E-state index contributed by atoms with van der Waals surface area (Å²) in [6.45, 7) is -7.96. The topological polar surface area (TPSA) is 245 Å². The molecular formula is C22H27N11O8P2S2. The minimum absolute atomic E-state index is 0.0117. The van der Waals surface area contributed by atoms with Gasteiger partial charge in [-0.15, -0.1) is 0 Å². The number of nitrogens with two attached hydrogens (primary N) is 1. The summed E-state index contributed by atoms with van der Waals surface area (Å²) in [7, 11) is 0. The molecule has 2 aliphatic rings. The highest BCUT2D eigenvalue weighted by Crippen LogP contribution is 2.53. The van der Waals surface area contributed by atoms with E-state index in [1.54, 1.807) is 15.5 Å². The normalized spacial score (nSPS) is 26.3. The molecular weight excluding hydrogens is 672 g/mol. The van der Waals surface area contributed by atoms with E-state index in [2.05, 4.69) is 47.4 Å². The maximum atomic E-state index is 12.8. The average Bonchev–Trinajstić information content (AvgIpc) is 3.77. The van der Waals surface area contributed by atoms with E-state index < -0.39 is 13.5 Å². The lowest BCUT2D eigenvalue weighted by atomic mass is 9.70. The molecule has 1 saturated heterocycles. The Morgan fingerprint density at radius 1 is 1.04 bits per heavy atom. The molecule has 0 amide bonds. The lowest BCUT2D eigenvalue weighted by Gasteiger charge is -2.45. The number of thiol groups is 1. The number of nitrogens with one attached hydrogen (secondary N) is 1. The van der Waals surface area contributed by atoms with Gasteiger partial charge in [-0.05, 0) is 37.0 Å². The van der Waals surface area contributed by atoms with Crippen molar-refractivity contribution < 1.29 is 32.7 Å². The summed E-state index contributed by atoms with van der Waals surface area (Å²) in [5, 5.41) is 6.52. The number of hydrogen-bond donors (Lipinski definition) is 5. The van der Waals surface area contributed by atoms with E-state index in [0.29, 0.717) is 36.1 Å². The summed E-state index contributed by atoms with van der Waals surface area (Å²) in [5.41, 5.74) is 7.00. The average molecular weight is 700 g/mol. The highest BCUT2D eigenvalue weighted by atomic mass is 32.7. The largest absolute Gasteiger partial charge is 0.383 e. The van der Waals surface area contributed by atoms with E-state index >= 15 is 0 Å². The molecule has 5 aromatic heterocycles. The van der Waals surface area contributed by atoms with Gasteiger partial charge in [-0.25, -0.2) is 34.0 Å². The van der Waals surface area contributed by atoms with Crippen LogP contribution in [0.1, 0.15) is 31.5 Å². The molecule has 7 atom stereocenters. The van der Waals surface area contributed by atoms with Crippen molar-refractivity contribution in [1.82, 2.24) is 48.7 Å². The number of hydrogen-bond acceptors (Lipinski definition) is 14. The molecule has 0 aromatic carbocycles. The molecule has 7 rings (SSSR count). The van der Waals surface area contributed by atoms with Gasteiger partial charge in [0.15, 0.2) is 22.6 Å². The van der Waals surface area contributed by atoms with Gasteiger partial charge in [-0.1, -0.05) is 12.2 Å². The minimum Gasteiger partial charge on any atom is -0.382 e. The Bertz CT molecular complexity index is 2050. The van der Waals surface area contributed by atoms with Crippen molar-refractivity contribution in [1.29, 1.82) is 0 Å². The van der Waals surface area contributed by atoms with Crippen molar-refractivity contribution in [3.05, 3.63) is 35.7 Å². The first-order valence-corrected chi connectivity index (χ1v) is 19.0. The number of aromatic amines is 1. The van der Waals surface area contributed by atoms with Crippen LogP contribution >= 0.6 is 25.8 Å². The molecule has 1 aliphatic carbocycles. The van der Waals surface area contributed by atoms with Crippen molar-refractivity contribution in [2.24, 2.45) is 11.8 Å². The number of imidazole rings is 2. The predicted molar refractivity (Wildman–Crippen MR) is 164 cm³/mol. The van der Waals surface area contributed by atoms with Gasteiger partial charge in [0.25, 0.3) is 5.56 Å². The number of nitrogens with zero attached hydrogens (tertiary/aromatic N) is 9. The zero-order chi connectivity index (χ0) is 31.5. The Morgan fingerprint density at radius 3 is 2.64 bits per heavy atom. The second-order valence-corrected chi connectivity index (χ2v) is 16.3. The third-order valence-corrected chi connectivity index (χ3v) is 10.5. The number of aromatic nitrogens is 10. The summed E-state index contributed by atoms with van der Waals surface area (Å²) in [5.74, 6) is -0.130. The molecule has 5 aromatic rings. The summed E-state index contributed by atoms with van der Waals surface area (Å²) in [6.07, 6.45) is 6.77. The number of nitrogen functional groups attached to an aromatic ring is 1. The zero-order valence-corrected chi connectivity index (χ0v) is 26.6. The quantitative estimate of drug-likeness (QED) is 0.0964. The number of fused-ring (bicyclic) bond motifs is 3. The van der Waals surface area contributed by atoms with Crippen molar-refractivity contribution in [2.45, 2.75) is 37.6 Å². The van der Waals surface area contributed by atoms with Gasteiger partial charge < -0.3 is 38.4 Å². The van der Waals surface area contributed by atoms with Crippen LogP contribution in [0.4, 0.5) is 5.82 Å². The van der Waals surface area contributed by atoms with Gasteiger partial charge in [-0.3, -0.25) is 9.36 Å². The van der Waals surface area contributed by atoms with E-state index in [1.165, 1.54) is 23.4 Å². The SMILES string of the molecule is Nc1ncnc2c1ncn2[C@H]1CC[C@@H](COP(O)(=S)OC[C@@H]2[C@@H](COP(=O)(O)S)C[C@H]2n2cnc3c(=O)n4cn[nH]c4nc32)O1. The Kier molecular flexibility index (Phi) is 8.04. The van der Waals surface area contributed by atoms with Crippen molar-refractivity contribution in [2.75, 3.05) is 25.6 Å². The smallest absolute Gasteiger partial charge is 0.382 e. The first kappa shape index (κ1) is 30.8. The zero-order valence-electron chi connectivity index (χ0n) is 23.1. The third kappa shape index (κ3) is 6.05. The van der Waals surface area contributed by atoms with Crippen molar-refractivity contribution in [3.63, 3.8) is 0 Å². The first-order chi connectivity index (χ1) is 21.5. The molecule has 1 saturated carbocycles. The van der Waals surface area contributed by atoms with Gasteiger partial charge in [0.2, 0.25) is 5.78 Å². The monoisotopic (exact) mass is 699 g/mol. The van der Waals surface area contributed by atoms with Crippen molar-refractivity contribution >= 4 is 71.5 Å². The summed E-state index contributed by atoms with van der Waals surface area (Å²) < 4.78 is 39.0. The molecule has 240 valence electrons. The minimum atomic E-state index is -4.04. The molecule has 0 radical (unpaired) electrons. The summed E-state index contributed by atoms with van der Waals surface area (Å²) in [4.78, 5) is 54.5. The maximum Gasteiger partial charge on any atom is 0.383 e. The van der Waals surface area contributed by atoms with Gasteiger partial charge in [-0.2, -0.15) is 10.1 Å². The number of anilines is 1. The van der Waals surface area contributed by atoms with Crippen LogP contribution in [0.2, 0.25) is 0 Å². The molecule has 45 heavy (non-hydrogen) atoms. The Hall–Kier alpha value is -2.84. The lowest BCUT2D eigenvalue weighted by Crippen LogP contribution is -2.43. The predicted octanol–water partition coefficient (Wildman–Crippen LogP) is 1.34. The molecule has 2 unspecified atom stereocenters. The molecule has 23 heteroatoms. The Labute approximate surface area is 263 Å². The van der Waals surface area contributed by atoms with Gasteiger partial charge in [0.05, 0.1) is 38.6 Å². The molecule has 2 fully saturated rings. The van der Waals surface area contributed by atoms with Crippen LogP contribution in [0.25, 0.3) is 28.1 Å². The van der Waals surface area contributed by atoms with Crippen LogP contribution in [0.3, 0.4) is 0 Å². The second-order valence-electron chi connectivity index (χ2n) is 10.7. The fourth-order valence-electron chi connectivity index (χ4n) is 5.77. The summed E-state index contributed by atoms with van der Waals surface area (Å²) in [6, 6.07) is -0.310. The van der Waals surface area contributed by atoms with Gasteiger partial charge in [0.1, 0.15) is 24.4 Å². The maximum absolute atomic E-state index is 12.8. The standard InChI is InChI=1S/C22H27N11O8P2S2/c23-18-16-19(25-7-24-18)32(9-26-16)15-2-1-12(41-15)5-39-43(37,45)40-6-13-11(4-38-42(35,36)44)3-14(13)31-8-27-17-20(31)29-22-30-28-10-33(22)21(17)34/h7-15H,1-6H2,(H,29,30)(H,37,45)(H2,23,24,25)(H2,35,36,44)/t11-,12+,13-,14-,15-,43?/m1/s1. The van der Waals surface area contributed by atoms with E-state index in [0.717, 1.165) is 0 Å².